The number of aryl methyl sites for hydroxylation is 1. The highest BCUT2D eigenvalue weighted by Gasteiger charge is 2.56. The Morgan fingerprint density at radius 1 is 1.02 bits per heavy atom. The van der Waals surface area contributed by atoms with Crippen molar-refractivity contribution in [3.8, 4) is 0 Å². The van der Waals surface area contributed by atoms with Crippen LogP contribution in [0.2, 0.25) is 0 Å². The number of aromatic nitrogens is 3. The van der Waals surface area contributed by atoms with Crippen molar-refractivity contribution in [2.75, 3.05) is 52.2 Å². The standard InChI is InChI=1S/C34H47BrFN7O4/c1-18-13-21-26(25(36)24(18)35)38-30(41-16-20(17-41)39(8)9)27-29(21)43(23(37-27)11-12-40(10)31(44)46-33(2,3)4)28-19-14-22(28)42(15-19)32(45)47-34(5,6)7/h13,19-20,22,28H,11-12,14-17H2,1-10H3. The Hall–Kier alpha value is -3.19. The summed E-state index contributed by atoms with van der Waals surface area (Å²) in [6.07, 6.45) is 0.556. The van der Waals surface area contributed by atoms with Crippen LogP contribution in [-0.4, -0.2) is 112 Å². The first-order valence-electron chi connectivity index (χ1n) is 16.4. The van der Waals surface area contributed by atoms with Crippen molar-refractivity contribution in [1.82, 2.24) is 29.2 Å². The van der Waals surface area contributed by atoms with Gasteiger partial charge in [0.25, 0.3) is 0 Å². The van der Waals surface area contributed by atoms with Crippen LogP contribution in [0.3, 0.4) is 0 Å². The molecule has 2 aromatic heterocycles. The van der Waals surface area contributed by atoms with Crippen LogP contribution in [0.1, 0.15) is 65.4 Å². The quantitative estimate of drug-likeness (QED) is 0.301. The Morgan fingerprint density at radius 2 is 1.68 bits per heavy atom. The average Bonchev–Trinajstić information content (AvgIpc) is 3.61. The summed E-state index contributed by atoms with van der Waals surface area (Å²) in [6, 6.07) is 2.16. The van der Waals surface area contributed by atoms with E-state index in [1.165, 1.54) is 0 Å². The second kappa shape index (κ2) is 11.7. The molecule has 2 amide bonds. The minimum absolute atomic E-state index is 0.0780. The van der Waals surface area contributed by atoms with E-state index in [-0.39, 0.29) is 29.6 Å². The molecular formula is C34H47BrFN7O4. The van der Waals surface area contributed by atoms with Gasteiger partial charge in [-0.2, -0.15) is 0 Å². The summed E-state index contributed by atoms with van der Waals surface area (Å²) >= 11 is 3.45. The molecule has 13 heteroatoms. The fourth-order valence-electron chi connectivity index (χ4n) is 6.96. The Bertz CT molecular complexity index is 1740. The number of hydrogen-bond donors (Lipinski definition) is 0. The summed E-state index contributed by atoms with van der Waals surface area (Å²) in [5.74, 6) is 1.19. The van der Waals surface area contributed by atoms with Crippen molar-refractivity contribution in [3.05, 3.63) is 27.7 Å². The SMILES string of the molecule is Cc1cc2c(nc(N3CC(N(C)C)C3)c3nc(CCN(C)C(=O)OC(C)(C)C)n(C4C5CC4N(C(=O)OC(C)(C)C)C5)c32)c(F)c1Br. The van der Waals surface area contributed by atoms with Crippen LogP contribution in [0.5, 0.6) is 0 Å². The van der Waals surface area contributed by atoms with Crippen LogP contribution in [-0.2, 0) is 15.9 Å². The van der Waals surface area contributed by atoms with Crippen molar-refractivity contribution in [2.24, 2.45) is 5.92 Å². The number of carbonyl (C=O) groups excluding carboxylic acids is 2. The number of halogens is 2. The van der Waals surface area contributed by atoms with Gasteiger partial charge in [0.2, 0.25) is 0 Å². The first-order valence-corrected chi connectivity index (χ1v) is 17.2. The monoisotopic (exact) mass is 715 g/mol. The summed E-state index contributed by atoms with van der Waals surface area (Å²) in [4.78, 5) is 44.2. The van der Waals surface area contributed by atoms with Crippen LogP contribution < -0.4 is 4.90 Å². The maximum atomic E-state index is 16.1. The zero-order valence-electron chi connectivity index (χ0n) is 29.1. The third-order valence-electron chi connectivity index (χ3n) is 9.48. The van der Waals surface area contributed by atoms with Crippen LogP contribution in [0.25, 0.3) is 21.9 Å². The van der Waals surface area contributed by atoms with Crippen LogP contribution in [0.15, 0.2) is 10.5 Å². The molecule has 4 aliphatic rings. The van der Waals surface area contributed by atoms with E-state index in [0.29, 0.717) is 46.7 Å². The molecule has 3 aromatic rings. The molecular weight excluding hydrogens is 669 g/mol. The number of anilines is 1. The van der Waals surface area contributed by atoms with Gasteiger partial charge in [0.1, 0.15) is 28.1 Å². The summed E-state index contributed by atoms with van der Waals surface area (Å²) < 4.78 is 30.1. The van der Waals surface area contributed by atoms with Gasteiger partial charge in [0, 0.05) is 57.0 Å². The molecule has 3 aliphatic heterocycles. The van der Waals surface area contributed by atoms with E-state index in [1.54, 1.807) is 11.9 Å². The van der Waals surface area contributed by atoms with Gasteiger partial charge in [-0.1, -0.05) is 0 Å². The molecule has 47 heavy (non-hydrogen) atoms. The molecule has 0 N–H and O–H groups in total. The number of hydrogen-bond acceptors (Lipinski definition) is 8. The largest absolute Gasteiger partial charge is 0.444 e. The van der Waals surface area contributed by atoms with Gasteiger partial charge in [-0.15, -0.1) is 0 Å². The van der Waals surface area contributed by atoms with E-state index in [9.17, 15) is 9.59 Å². The van der Waals surface area contributed by atoms with Crippen LogP contribution >= 0.6 is 15.9 Å². The predicted octanol–water partition coefficient (Wildman–Crippen LogP) is 6.13. The highest BCUT2D eigenvalue weighted by Crippen LogP contribution is 2.52. The number of ether oxygens (including phenoxy) is 2. The van der Waals surface area contributed by atoms with E-state index in [2.05, 4.69) is 44.4 Å². The molecule has 1 saturated carbocycles. The fourth-order valence-corrected chi connectivity index (χ4v) is 7.26. The topological polar surface area (TPSA) is 96.3 Å². The molecule has 0 radical (unpaired) electrons. The maximum Gasteiger partial charge on any atom is 0.410 e. The number of amides is 2. The fraction of sp³-hybridized carbons (Fsp3) is 0.647. The Labute approximate surface area is 284 Å². The van der Waals surface area contributed by atoms with Gasteiger partial charge in [-0.25, -0.2) is 23.9 Å². The molecule has 11 nitrogen and oxygen atoms in total. The van der Waals surface area contributed by atoms with E-state index >= 15 is 4.39 Å². The van der Waals surface area contributed by atoms with Gasteiger partial charge in [-0.05, 0) is 96.5 Å². The summed E-state index contributed by atoms with van der Waals surface area (Å²) in [5, 5.41) is 0.681. The summed E-state index contributed by atoms with van der Waals surface area (Å²) in [6.45, 7) is 15.5. The molecule has 3 unspecified atom stereocenters. The number of rotatable bonds is 6. The highest BCUT2D eigenvalue weighted by atomic mass is 79.9. The lowest BCUT2D eigenvalue weighted by Gasteiger charge is -2.43. The second-order valence-electron chi connectivity index (χ2n) is 15.6. The normalized spacial score (nSPS) is 21.4. The van der Waals surface area contributed by atoms with Crippen molar-refractivity contribution in [1.29, 1.82) is 0 Å². The van der Waals surface area contributed by atoms with Gasteiger partial charge >= 0.3 is 12.2 Å². The minimum atomic E-state index is -0.619. The number of carbonyl (C=O) groups is 2. The van der Waals surface area contributed by atoms with Crippen molar-refractivity contribution >= 4 is 55.9 Å². The van der Waals surface area contributed by atoms with Gasteiger partial charge in [0.15, 0.2) is 11.6 Å². The van der Waals surface area contributed by atoms with Crippen molar-refractivity contribution < 1.29 is 23.5 Å². The van der Waals surface area contributed by atoms with Gasteiger partial charge in [0.05, 0.1) is 22.1 Å². The minimum Gasteiger partial charge on any atom is -0.444 e. The van der Waals surface area contributed by atoms with Crippen LogP contribution in [0, 0.1) is 18.7 Å². The first kappa shape index (κ1) is 33.7. The van der Waals surface area contributed by atoms with Crippen molar-refractivity contribution in [2.45, 2.75) is 90.6 Å². The molecule has 5 heterocycles. The van der Waals surface area contributed by atoms with Gasteiger partial charge in [-0.3, -0.25) is 0 Å². The molecule has 7 rings (SSSR count). The Balaban J connectivity index is 1.49. The summed E-state index contributed by atoms with van der Waals surface area (Å²) in [5.41, 5.74) is 1.33. The molecule has 1 aliphatic carbocycles. The molecule has 4 fully saturated rings. The van der Waals surface area contributed by atoms with Gasteiger partial charge < -0.3 is 33.6 Å². The molecule has 3 atom stereocenters. The number of pyridine rings is 1. The lowest BCUT2D eigenvalue weighted by atomic mass is 9.79. The van der Waals surface area contributed by atoms with Crippen molar-refractivity contribution in [3.63, 3.8) is 0 Å². The molecule has 2 bridgehead atoms. The number of likely N-dealkylation sites (N-methyl/N-ethyl adjacent to an activating group) is 2. The van der Waals surface area contributed by atoms with E-state index < -0.39 is 23.1 Å². The third kappa shape index (κ3) is 6.13. The summed E-state index contributed by atoms with van der Waals surface area (Å²) in [7, 11) is 5.84. The average molecular weight is 717 g/mol. The number of imidazole rings is 1. The first-order chi connectivity index (χ1) is 21.8. The lowest BCUT2D eigenvalue weighted by molar-refractivity contribution is 0.0206. The predicted molar refractivity (Wildman–Crippen MR) is 184 cm³/mol. The smallest absolute Gasteiger partial charge is 0.410 e. The zero-order chi connectivity index (χ0) is 34.3. The molecule has 0 spiro atoms. The Morgan fingerprint density at radius 3 is 2.30 bits per heavy atom. The molecule has 256 valence electrons. The Kier molecular flexibility index (Phi) is 8.42. The molecule has 3 saturated heterocycles. The van der Waals surface area contributed by atoms with E-state index in [4.69, 9.17) is 19.4 Å². The molecule has 1 aromatic carbocycles. The third-order valence-corrected chi connectivity index (χ3v) is 10.5. The number of nitrogens with zero attached hydrogens (tertiary/aromatic N) is 7. The second-order valence-corrected chi connectivity index (χ2v) is 16.4. The van der Waals surface area contributed by atoms with Crippen LogP contribution in [0.4, 0.5) is 19.8 Å². The van der Waals surface area contributed by atoms with E-state index in [0.717, 1.165) is 36.4 Å². The van der Waals surface area contributed by atoms with E-state index in [1.807, 2.05) is 59.4 Å². The highest BCUT2D eigenvalue weighted by molar-refractivity contribution is 9.10. The number of fused-ring (bicyclic) bond motifs is 4. The number of benzene rings is 1. The maximum absolute atomic E-state index is 16.1. The lowest BCUT2D eigenvalue weighted by Crippen LogP contribution is -2.57. The zero-order valence-corrected chi connectivity index (χ0v) is 30.7.